The Balaban J connectivity index is 1.91. The molecule has 108 valence electrons. The zero-order valence-electron chi connectivity index (χ0n) is 11.5. The van der Waals surface area contributed by atoms with E-state index >= 15 is 0 Å². The minimum absolute atomic E-state index is 0.0620. The zero-order chi connectivity index (χ0) is 15.4. The van der Waals surface area contributed by atoms with Crippen molar-refractivity contribution in [3.05, 3.63) is 60.8 Å². The second-order valence-electron chi connectivity index (χ2n) is 4.45. The lowest BCUT2D eigenvalue weighted by Crippen LogP contribution is -2.18. The van der Waals surface area contributed by atoms with Crippen LogP contribution < -0.4 is 16.0 Å². The highest BCUT2D eigenvalue weighted by Crippen LogP contribution is 2.17. The lowest BCUT2D eigenvalue weighted by molar-refractivity contribution is -0.377. The Labute approximate surface area is 126 Å². The summed E-state index contributed by atoms with van der Waals surface area (Å²) >= 11 is 0. The Morgan fingerprint density at radius 1 is 1.18 bits per heavy atom. The standard InChI is InChI=1S/C15H12N6O/c16-14-13(15(22)21-12-5-1-2-7-18-12)20-11(9-19-14)10-4-3-6-17-8-10/h1-9H,(H2,16,19)(H,18,21,22)/p+1. The smallest absolute Gasteiger partial charge is 0.279 e. The van der Waals surface area contributed by atoms with Crippen molar-refractivity contribution in [1.29, 1.82) is 0 Å². The zero-order valence-corrected chi connectivity index (χ0v) is 11.5. The fourth-order valence-corrected chi connectivity index (χ4v) is 1.87. The summed E-state index contributed by atoms with van der Waals surface area (Å²) in [6.45, 7) is 0. The predicted octanol–water partition coefficient (Wildman–Crippen LogP) is 1.19. The third kappa shape index (κ3) is 2.88. The van der Waals surface area contributed by atoms with Gasteiger partial charge in [0.25, 0.3) is 5.91 Å². The molecule has 0 saturated heterocycles. The fraction of sp³-hybridized carbons (Fsp3) is 0. The van der Waals surface area contributed by atoms with E-state index in [1.807, 2.05) is 12.1 Å². The van der Waals surface area contributed by atoms with Crippen LogP contribution in [0.2, 0.25) is 0 Å². The fourth-order valence-electron chi connectivity index (χ4n) is 1.87. The molecule has 7 heteroatoms. The van der Waals surface area contributed by atoms with Crippen molar-refractivity contribution in [2.45, 2.75) is 0 Å². The van der Waals surface area contributed by atoms with Gasteiger partial charge in [0.05, 0.1) is 17.5 Å². The number of carbonyl (C=O) groups excluding carboxylic acids is 1. The predicted molar refractivity (Wildman–Crippen MR) is 80.6 cm³/mol. The number of nitrogen functional groups attached to an aromatic ring is 1. The van der Waals surface area contributed by atoms with Crippen LogP contribution in [0, 0.1) is 0 Å². The average molecular weight is 293 g/mol. The maximum Gasteiger partial charge on any atom is 0.279 e. The third-order valence-electron chi connectivity index (χ3n) is 2.93. The molecule has 0 aliphatic carbocycles. The number of nitrogens with zero attached hydrogens (tertiary/aromatic N) is 3. The van der Waals surface area contributed by atoms with Gasteiger partial charge in [0.1, 0.15) is 5.82 Å². The minimum atomic E-state index is -0.453. The van der Waals surface area contributed by atoms with Crippen LogP contribution in [-0.2, 0) is 0 Å². The number of aromatic amines is 1. The molecular weight excluding hydrogens is 280 g/mol. The number of amides is 1. The summed E-state index contributed by atoms with van der Waals surface area (Å²) in [5.41, 5.74) is 7.18. The van der Waals surface area contributed by atoms with Crippen LogP contribution in [-0.4, -0.2) is 20.9 Å². The summed E-state index contributed by atoms with van der Waals surface area (Å²) in [7, 11) is 0. The maximum absolute atomic E-state index is 12.3. The molecule has 0 fully saturated rings. The van der Waals surface area contributed by atoms with Gasteiger partial charge in [-0.05, 0) is 18.2 Å². The van der Waals surface area contributed by atoms with Crippen LogP contribution in [0.15, 0.2) is 55.1 Å². The molecule has 1 amide bonds. The number of anilines is 2. The molecule has 0 radical (unpaired) electrons. The molecule has 0 bridgehead atoms. The molecule has 3 aromatic heterocycles. The van der Waals surface area contributed by atoms with Gasteiger partial charge < -0.3 is 11.1 Å². The van der Waals surface area contributed by atoms with E-state index in [0.29, 0.717) is 11.5 Å². The Morgan fingerprint density at radius 2 is 2.09 bits per heavy atom. The van der Waals surface area contributed by atoms with E-state index in [9.17, 15) is 4.79 Å². The van der Waals surface area contributed by atoms with Gasteiger partial charge in [-0.25, -0.2) is 19.9 Å². The van der Waals surface area contributed by atoms with Crippen LogP contribution in [0.4, 0.5) is 11.6 Å². The van der Waals surface area contributed by atoms with Crippen molar-refractivity contribution in [2.24, 2.45) is 0 Å². The molecule has 0 aromatic carbocycles. The molecule has 0 unspecified atom stereocenters. The van der Waals surface area contributed by atoms with Crippen molar-refractivity contribution in [3.8, 4) is 11.3 Å². The van der Waals surface area contributed by atoms with E-state index < -0.39 is 5.91 Å². The van der Waals surface area contributed by atoms with Gasteiger partial charge in [-0.3, -0.25) is 4.79 Å². The van der Waals surface area contributed by atoms with Crippen LogP contribution in [0.25, 0.3) is 11.3 Å². The van der Waals surface area contributed by atoms with Crippen LogP contribution in [0.1, 0.15) is 10.5 Å². The molecule has 3 heterocycles. The van der Waals surface area contributed by atoms with Gasteiger partial charge in [-0.15, -0.1) is 0 Å². The highest BCUT2D eigenvalue weighted by molar-refractivity contribution is 6.05. The molecule has 4 N–H and O–H groups in total. The van der Waals surface area contributed by atoms with Gasteiger partial charge in [0.15, 0.2) is 23.9 Å². The van der Waals surface area contributed by atoms with Gasteiger partial charge >= 0.3 is 0 Å². The maximum atomic E-state index is 12.3. The number of carbonyl (C=O) groups is 1. The largest absolute Gasteiger partial charge is 0.382 e. The van der Waals surface area contributed by atoms with Gasteiger partial charge in [0, 0.05) is 12.3 Å². The van der Waals surface area contributed by atoms with Gasteiger partial charge in [-0.2, -0.15) is 0 Å². The summed E-state index contributed by atoms with van der Waals surface area (Å²) in [5, 5.41) is 2.64. The average Bonchev–Trinajstić information content (AvgIpc) is 2.57. The first-order valence-corrected chi connectivity index (χ1v) is 6.55. The summed E-state index contributed by atoms with van der Waals surface area (Å²) < 4.78 is 0. The number of nitrogens with two attached hydrogens (primary N) is 1. The number of rotatable bonds is 3. The van der Waals surface area contributed by atoms with Gasteiger partial charge in [-0.1, -0.05) is 6.07 Å². The molecule has 0 aliphatic heterocycles. The number of pyridine rings is 2. The van der Waals surface area contributed by atoms with Crippen molar-refractivity contribution in [1.82, 2.24) is 15.0 Å². The Kier molecular flexibility index (Phi) is 3.69. The number of nitrogens with one attached hydrogen (secondary N) is 2. The Bertz CT molecular complexity index is 792. The normalized spacial score (nSPS) is 10.2. The Morgan fingerprint density at radius 3 is 2.82 bits per heavy atom. The number of aromatic nitrogens is 4. The van der Waals surface area contributed by atoms with E-state index in [1.165, 1.54) is 6.20 Å². The third-order valence-corrected chi connectivity index (χ3v) is 2.93. The van der Waals surface area contributed by atoms with E-state index in [4.69, 9.17) is 5.73 Å². The highest BCUT2D eigenvalue weighted by atomic mass is 16.2. The second kappa shape index (κ2) is 5.96. The lowest BCUT2D eigenvalue weighted by Gasteiger charge is -2.07. The quantitative estimate of drug-likeness (QED) is 0.754. The molecule has 3 rings (SSSR count). The van der Waals surface area contributed by atoms with Crippen molar-refractivity contribution >= 4 is 17.5 Å². The summed E-state index contributed by atoms with van der Waals surface area (Å²) in [5.74, 6) is 0.0368. The first-order chi connectivity index (χ1) is 10.7. The first-order valence-electron chi connectivity index (χ1n) is 6.55. The van der Waals surface area contributed by atoms with E-state index in [1.54, 1.807) is 36.8 Å². The summed E-state index contributed by atoms with van der Waals surface area (Å²) in [6.07, 6.45) is 6.65. The summed E-state index contributed by atoms with van der Waals surface area (Å²) in [6, 6.07) is 8.90. The summed E-state index contributed by atoms with van der Waals surface area (Å²) in [4.78, 5) is 27.6. The number of hydrogen-bond acceptors (Lipinski definition) is 5. The molecular formula is C15H13N6O+. The van der Waals surface area contributed by atoms with Crippen molar-refractivity contribution in [2.75, 3.05) is 11.1 Å². The number of H-pyrrole nitrogens is 1. The molecule has 22 heavy (non-hydrogen) atoms. The van der Waals surface area contributed by atoms with E-state index in [0.717, 1.165) is 5.56 Å². The first kappa shape index (κ1) is 13.6. The minimum Gasteiger partial charge on any atom is -0.382 e. The molecule has 0 saturated carbocycles. The van der Waals surface area contributed by atoms with Crippen LogP contribution in [0.3, 0.4) is 0 Å². The van der Waals surface area contributed by atoms with Crippen LogP contribution >= 0.6 is 0 Å². The molecule has 7 nitrogen and oxygen atoms in total. The molecule has 3 aromatic rings. The lowest BCUT2D eigenvalue weighted by atomic mass is 10.2. The Hall–Kier alpha value is -3.35. The van der Waals surface area contributed by atoms with E-state index in [2.05, 4.69) is 25.3 Å². The molecule has 0 spiro atoms. The van der Waals surface area contributed by atoms with E-state index in [-0.39, 0.29) is 11.5 Å². The monoisotopic (exact) mass is 293 g/mol. The van der Waals surface area contributed by atoms with Crippen LogP contribution in [0.5, 0.6) is 0 Å². The molecule has 0 atom stereocenters. The second-order valence-corrected chi connectivity index (χ2v) is 4.45. The topological polar surface area (TPSA) is 108 Å². The SMILES string of the molecule is Nc1ncc(-c2ccc[nH+]c2)nc1C(=O)Nc1ccccn1. The van der Waals surface area contributed by atoms with Crippen molar-refractivity contribution < 1.29 is 9.78 Å². The van der Waals surface area contributed by atoms with Gasteiger partial charge in [0.2, 0.25) is 0 Å². The molecule has 0 aliphatic rings. The highest BCUT2D eigenvalue weighted by Gasteiger charge is 2.15. The van der Waals surface area contributed by atoms with Crippen molar-refractivity contribution in [3.63, 3.8) is 0 Å². The number of hydrogen-bond donors (Lipinski definition) is 2.